The maximum absolute atomic E-state index is 12.7. The van der Waals surface area contributed by atoms with E-state index in [4.69, 9.17) is 0 Å². The molecule has 0 spiro atoms. The summed E-state index contributed by atoms with van der Waals surface area (Å²) in [6.07, 6.45) is -3.69. The van der Waals surface area contributed by atoms with Crippen LogP contribution in [-0.4, -0.2) is 38.1 Å². The lowest BCUT2D eigenvalue weighted by Gasteiger charge is -2.30. The van der Waals surface area contributed by atoms with E-state index < -0.39 is 11.7 Å². The molecule has 1 aromatic rings. The van der Waals surface area contributed by atoms with E-state index >= 15 is 0 Å². The van der Waals surface area contributed by atoms with Crippen LogP contribution in [0.3, 0.4) is 0 Å². The third kappa shape index (κ3) is 6.79. The minimum absolute atomic E-state index is 0.117. The Kier molecular flexibility index (Phi) is 6.44. The summed E-state index contributed by atoms with van der Waals surface area (Å²) >= 11 is 0. The van der Waals surface area contributed by atoms with Gasteiger partial charge in [0.15, 0.2) is 0 Å². The van der Waals surface area contributed by atoms with Gasteiger partial charge in [0, 0.05) is 19.1 Å². The van der Waals surface area contributed by atoms with Gasteiger partial charge in [-0.25, -0.2) is 0 Å². The Morgan fingerprint density at radius 2 is 1.82 bits per heavy atom. The number of halogens is 3. The molecule has 126 valence electrons. The molecule has 0 bridgehead atoms. The summed E-state index contributed by atoms with van der Waals surface area (Å²) in [5.41, 5.74) is 0.247. The summed E-state index contributed by atoms with van der Waals surface area (Å²) < 4.78 is 38.1. The number of hydrogen-bond donors (Lipinski definition) is 1. The van der Waals surface area contributed by atoms with Crippen molar-refractivity contribution >= 4 is 0 Å². The lowest BCUT2D eigenvalue weighted by Crippen LogP contribution is -2.41. The van der Waals surface area contributed by atoms with Gasteiger partial charge in [-0.3, -0.25) is 0 Å². The minimum atomic E-state index is -4.28. The molecule has 0 saturated carbocycles. The highest BCUT2D eigenvalue weighted by Crippen LogP contribution is 2.29. The van der Waals surface area contributed by atoms with E-state index in [0.717, 1.165) is 19.2 Å². The fraction of sp³-hybridized carbons (Fsp3) is 0.647. The molecular formula is C17H27F3N2. The van der Waals surface area contributed by atoms with Crippen molar-refractivity contribution in [2.75, 3.05) is 27.2 Å². The van der Waals surface area contributed by atoms with Gasteiger partial charge < -0.3 is 10.2 Å². The Hall–Kier alpha value is -1.07. The van der Waals surface area contributed by atoms with E-state index in [1.54, 1.807) is 6.07 Å². The Bertz CT molecular complexity index is 467. The molecular weight excluding hydrogens is 289 g/mol. The molecule has 0 aliphatic rings. The second-order valence-electron chi connectivity index (χ2n) is 7.09. The van der Waals surface area contributed by atoms with Crippen LogP contribution in [0.15, 0.2) is 24.3 Å². The lowest BCUT2D eigenvalue weighted by molar-refractivity contribution is -0.137. The van der Waals surface area contributed by atoms with Crippen molar-refractivity contribution < 1.29 is 13.2 Å². The average Bonchev–Trinajstić information content (AvgIpc) is 2.34. The van der Waals surface area contributed by atoms with Gasteiger partial charge in [0.25, 0.3) is 0 Å². The molecule has 1 atom stereocenters. The van der Waals surface area contributed by atoms with Crippen molar-refractivity contribution in [3.63, 3.8) is 0 Å². The van der Waals surface area contributed by atoms with Gasteiger partial charge >= 0.3 is 6.18 Å². The van der Waals surface area contributed by atoms with Crippen molar-refractivity contribution in [3.8, 4) is 0 Å². The second kappa shape index (κ2) is 7.47. The van der Waals surface area contributed by atoms with Gasteiger partial charge in [0.2, 0.25) is 0 Å². The first-order valence-corrected chi connectivity index (χ1v) is 7.54. The molecule has 0 amide bonds. The van der Waals surface area contributed by atoms with E-state index in [9.17, 15) is 13.2 Å². The maximum atomic E-state index is 12.7. The number of rotatable bonds is 7. The van der Waals surface area contributed by atoms with Crippen molar-refractivity contribution in [3.05, 3.63) is 35.4 Å². The Morgan fingerprint density at radius 3 is 2.36 bits per heavy atom. The molecule has 0 radical (unpaired) electrons. The molecule has 1 unspecified atom stereocenters. The van der Waals surface area contributed by atoms with Crippen LogP contribution in [0, 0.1) is 5.41 Å². The Labute approximate surface area is 131 Å². The van der Waals surface area contributed by atoms with Gasteiger partial charge in [-0.15, -0.1) is 0 Å². The highest BCUT2D eigenvalue weighted by molar-refractivity contribution is 5.26. The SMILES string of the molecule is CC(Cc1cccc(C(F)(F)F)c1)NCC(C)(C)CN(C)C. The fourth-order valence-electron chi connectivity index (χ4n) is 2.66. The molecule has 22 heavy (non-hydrogen) atoms. The van der Waals surface area contributed by atoms with Crippen LogP contribution in [0.2, 0.25) is 0 Å². The summed E-state index contributed by atoms with van der Waals surface area (Å²) in [5, 5.41) is 3.43. The highest BCUT2D eigenvalue weighted by Gasteiger charge is 2.30. The van der Waals surface area contributed by atoms with E-state index in [-0.39, 0.29) is 11.5 Å². The zero-order chi connectivity index (χ0) is 17.0. The molecule has 2 nitrogen and oxygen atoms in total. The summed E-state index contributed by atoms with van der Waals surface area (Å²) in [6, 6.07) is 5.70. The zero-order valence-corrected chi connectivity index (χ0v) is 14.1. The summed E-state index contributed by atoms with van der Waals surface area (Å²) in [4.78, 5) is 2.14. The van der Waals surface area contributed by atoms with Crippen molar-refractivity contribution in [1.82, 2.24) is 10.2 Å². The third-order valence-electron chi connectivity index (χ3n) is 3.47. The maximum Gasteiger partial charge on any atom is 0.416 e. The van der Waals surface area contributed by atoms with Crippen LogP contribution in [0.5, 0.6) is 0 Å². The van der Waals surface area contributed by atoms with Crippen molar-refractivity contribution in [1.29, 1.82) is 0 Å². The fourth-order valence-corrected chi connectivity index (χ4v) is 2.66. The Morgan fingerprint density at radius 1 is 1.18 bits per heavy atom. The van der Waals surface area contributed by atoms with E-state index in [2.05, 4.69) is 24.1 Å². The normalized spacial score (nSPS) is 14.4. The van der Waals surface area contributed by atoms with Gasteiger partial charge in [-0.2, -0.15) is 13.2 Å². The van der Waals surface area contributed by atoms with Crippen LogP contribution < -0.4 is 5.32 Å². The van der Waals surface area contributed by atoms with Crippen LogP contribution in [-0.2, 0) is 12.6 Å². The van der Waals surface area contributed by atoms with Crippen molar-refractivity contribution in [2.45, 2.75) is 39.4 Å². The molecule has 0 aliphatic heterocycles. The first kappa shape index (κ1) is 19.0. The van der Waals surface area contributed by atoms with Crippen LogP contribution in [0.25, 0.3) is 0 Å². The first-order valence-electron chi connectivity index (χ1n) is 7.54. The minimum Gasteiger partial charge on any atom is -0.313 e. The predicted octanol–water partition coefficient (Wildman–Crippen LogP) is 3.81. The number of benzene rings is 1. The van der Waals surface area contributed by atoms with Crippen LogP contribution in [0.4, 0.5) is 13.2 Å². The smallest absolute Gasteiger partial charge is 0.313 e. The van der Waals surface area contributed by atoms with Gasteiger partial charge in [0.05, 0.1) is 5.56 Å². The summed E-state index contributed by atoms with van der Waals surface area (Å²) in [5.74, 6) is 0. The average molecular weight is 316 g/mol. The molecule has 0 aliphatic carbocycles. The molecule has 1 aromatic carbocycles. The van der Waals surface area contributed by atoms with Gasteiger partial charge in [-0.1, -0.05) is 32.0 Å². The molecule has 1 N–H and O–H groups in total. The monoisotopic (exact) mass is 316 g/mol. The van der Waals surface area contributed by atoms with E-state index in [0.29, 0.717) is 12.0 Å². The standard InChI is InChI=1S/C17H27F3N2/c1-13(21-11-16(2,3)12-22(4)5)9-14-7-6-8-15(10-14)17(18,19)20/h6-8,10,13,21H,9,11-12H2,1-5H3. The van der Waals surface area contributed by atoms with Gasteiger partial charge in [-0.05, 0) is 44.5 Å². The molecule has 0 saturated heterocycles. The Balaban J connectivity index is 2.57. The first-order chi connectivity index (χ1) is 9.99. The number of hydrogen-bond acceptors (Lipinski definition) is 2. The van der Waals surface area contributed by atoms with Crippen LogP contribution in [0.1, 0.15) is 31.9 Å². The zero-order valence-electron chi connectivity index (χ0n) is 14.1. The molecule has 0 fully saturated rings. The highest BCUT2D eigenvalue weighted by atomic mass is 19.4. The van der Waals surface area contributed by atoms with Gasteiger partial charge in [0.1, 0.15) is 0 Å². The number of nitrogens with zero attached hydrogens (tertiary/aromatic N) is 1. The second-order valence-corrected chi connectivity index (χ2v) is 7.09. The molecule has 5 heteroatoms. The van der Waals surface area contributed by atoms with Crippen LogP contribution >= 0.6 is 0 Å². The molecule has 0 heterocycles. The number of nitrogens with one attached hydrogen (secondary N) is 1. The largest absolute Gasteiger partial charge is 0.416 e. The molecule has 0 aromatic heterocycles. The third-order valence-corrected chi connectivity index (χ3v) is 3.47. The van der Waals surface area contributed by atoms with E-state index in [1.807, 2.05) is 21.0 Å². The number of alkyl halides is 3. The summed E-state index contributed by atoms with van der Waals surface area (Å²) in [7, 11) is 4.07. The quantitative estimate of drug-likeness (QED) is 0.823. The topological polar surface area (TPSA) is 15.3 Å². The van der Waals surface area contributed by atoms with Crippen molar-refractivity contribution in [2.24, 2.45) is 5.41 Å². The summed E-state index contributed by atoms with van der Waals surface area (Å²) in [6.45, 7) is 8.14. The predicted molar refractivity (Wildman–Crippen MR) is 84.9 cm³/mol. The molecule has 1 rings (SSSR count). The lowest BCUT2D eigenvalue weighted by atomic mass is 9.92. The van der Waals surface area contributed by atoms with E-state index in [1.165, 1.54) is 12.1 Å².